The van der Waals surface area contributed by atoms with Crippen molar-refractivity contribution in [3.05, 3.63) is 62.5 Å². The Morgan fingerprint density at radius 1 is 1.10 bits per heavy atom. The summed E-state index contributed by atoms with van der Waals surface area (Å²) in [5.41, 5.74) is 0.758. The molecule has 0 aliphatic heterocycles. The van der Waals surface area contributed by atoms with Crippen LogP contribution in [0.4, 0.5) is 0 Å². The molecule has 8 heteroatoms. The molecule has 2 amide bonds. The number of carbonyl (C=O) groups is 2. The van der Waals surface area contributed by atoms with Crippen molar-refractivity contribution in [2.45, 2.75) is 52.2 Å². The molecule has 0 bridgehead atoms. The van der Waals surface area contributed by atoms with Crippen molar-refractivity contribution in [3.8, 4) is 5.75 Å². The summed E-state index contributed by atoms with van der Waals surface area (Å²) >= 11 is 15.9. The quantitative estimate of drug-likeness (QED) is 0.419. The zero-order chi connectivity index (χ0) is 23.0. The van der Waals surface area contributed by atoms with E-state index in [2.05, 4.69) is 21.2 Å². The number of rotatable bonds is 10. The van der Waals surface area contributed by atoms with Crippen molar-refractivity contribution in [3.63, 3.8) is 0 Å². The monoisotopic (exact) mass is 528 g/mol. The fourth-order valence-electron chi connectivity index (χ4n) is 2.99. The number of carbonyl (C=O) groups excluding carboxylic acids is 2. The van der Waals surface area contributed by atoms with E-state index in [1.807, 2.05) is 39.0 Å². The average Bonchev–Trinajstić information content (AvgIpc) is 2.74. The number of benzene rings is 2. The van der Waals surface area contributed by atoms with Crippen LogP contribution in [0.2, 0.25) is 10.0 Å². The van der Waals surface area contributed by atoms with Crippen molar-refractivity contribution >= 4 is 50.9 Å². The third-order valence-corrected chi connectivity index (χ3v) is 6.09. The van der Waals surface area contributed by atoms with E-state index in [0.717, 1.165) is 16.5 Å². The minimum Gasteiger partial charge on any atom is -0.482 e. The van der Waals surface area contributed by atoms with Gasteiger partial charge < -0.3 is 15.0 Å². The van der Waals surface area contributed by atoms with Gasteiger partial charge in [0.2, 0.25) is 5.91 Å². The Kier molecular flexibility index (Phi) is 10.1. The number of nitrogens with zero attached hydrogens (tertiary/aromatic N) is 1. The van der Waals surface area contributed by atoms with Crippen LogP contribution in [0.15, 0.2) is 46.9 Å². The summed E-state index contributed by atoms with van der Waals surface area (Å²) in [6.45, 7) is 5.75. The van der Waals surface area contributed by atoms with Crippen LogP contribution < -0.4 is 10.1 Å². The maximum absolute atomic E-state index is 13.2. The first-order chi connectivity index (χ1) is 14.8. The molecule has 0 fully saturated rings. The predicted octanol–water partition coefficient (Wildman–Crippen LogP) is 5.86. The highest BCUT2D eigenvalue weighted by molar-refractivity contribution is 9.10. The van der Waals surface area contributed by atoms with Crippen LogP contribution in [0.3, 0.4) is 0 Å². The maximum Gasteiger partial charge on any atom is 0.261 e. The lowest BCUT2D eigenvalue weighted by Gasteiger charge is -2.31. The zero-order valence-corrected chi connectivity index (χ0v) is 20.9. The van der Waals surface area contributed by atoms with Crippen molar-refractivity contribution < 1.29 is 14.3 Å². The van der Waals surface area contributed by atoms with Crippen molar-refractivity contribution in [2.75, 3.05) is 6.61 Å². The SMILES string of the molecule is CC[C@H](C)NC(=O)[C@H](CC)N(Cc1ccccc1Cl)C(=O)COc1ccc(Br)cc1Cl. The van der Waals surface area contributed by atoms with Gasteiger partial charge in [-0.2, -0.15) is 0 Å². The molecule has 0 heterocycles. The summed E-state index contributed by atoms with van der Waals surface area (Å²) in [5, 5.41) is 3.90. The number of amides is 2. The highest BCUT2D eigenvalue weighted by Gasteiger charge is 2.30. The van der Waals surface area contributed by atoms with Crippen molar-refractivity contribution in [1.82, 2.24) is 10.2 Å². The molecule has 0 saturated carbocycles. The van der Waals surface area contributed by atoms with Crippen LogP contribution in [0.1, 0.15) is 39.2 Å². The summed E-state index contributed by atoms with van der Waals surface area (Å²) in [4.78, 5) is 27.6. The Hall–Kier alpha value is -1.76. The molecular formula is C23H27BrCl2N2O3. The lowest BCUT2D eigenvalue weighted by Crippen LogP contribution is -2.51. The van der Waals surface area contributed by atoms with Gasteiger partial charge in [-0.25, -0.2) is 0 Å². The third kappa shape index (κ3) is 7.41. The number of hydrogen-bond acceptors (Lipinski definition) is 3. The molecule has 2 aromatic rings. The lowest BCUT2D eigenvalue weighted by molar-refractivity contribution is -0.143. The summed E-state index contributed by atoms with van der Waals surface area (Å²) in [6, 6.07) is 11.8. The topological polar surface area (TPSA) is 58.6 Å². The summed E-state index contributed by atoms with van der Waals surface area (Å²) in [6.07, 6.45) is 1.25. The first-order valence-corrected chi connectivity index (χ1v) is 11.7. The van der Waals surface area contributed by atoms with E-state index in [-0.39, 0.29) is 31.0 Å². The van der Waals surface area contributed by atoms with Gasteiger partial charge in [0.05, 0.1) is 5.02 Å². The summed E-state index contributed by atoms with van der Waals surface area (Å²) in [5.74, 6) is -0.128. The Bertz CT molecular complexity index is 910. The Balaban J connectivity index is 2.25. The van der Waals surface area contributed by atoms with E-state index in [0.29, 0.717) is 22.2 Å². The number of ether oxygens (including phenoxy) is 1. The van der Waals surface area contributed by atoms with Crippen LogP contribution in [0.5, 0.6) is 5.75 Å². The molecule has 2 atom stereocenters. The molecule has 0 aliphatic rings. The first kappa shape index (κ1) is 25.5. The van der Waals surface area contributed by atoms with Crippen molar-refractivity contribution in [2.24, 2.45) is 0 Å². The summed E-state index contributed by atoms with van der Waals surface area (Å²) < 4.78 is 6.48. The molecule has 0 spiro atoms. The Labute approximate surface area is 202 Å². The van der Waals surface area contributed by atoms with Crippen LogP contribution in [0, 0.1) is 0 Å². The number of hydrogen-bond donors (Lipinski definition) is 1. The van der Waals surface area contributed by atoms with E-state index in [1.54, 1.807) is 24.3 Å². The van der Waals surface area contributed by atoms with Crippen LogP contribution in [-0.4, -0.2) is 35.4 Å². The predicted molar refractivity (Wildman–Crippen MR) is 129 cm³/mol. The minimum atomic E-state index is -0.651. The lowest BCUT2D eigenvalue weighted by atomic mass is 10.1. The van der Waals surface area contributed by atoms with Gasteiger partial charge in [-0.15, -0.1) is 0 Å². The van der Waals surface area contributed by atoms with Gasteiger partial charge in [0.15, 0.2) is 6.61 Å². The Morgan fingerprint density at radius 2 is 1.81 bits per heavy atom. The molecule has 1 N–H and O–H groups in total. The van der Waals surface area contributed by atoms with E-state index in [4.69, 9.17) is 27.9 Å². The molecule has 0 aliphatic carbocycles. The highest BCUT2D eigenvalue weighted by Crippen LogP contribution is 2.28. The molecular weight excluding hydrogens is 503 g/mol. The second-order valence-corrected chi connectivity index (χ2v) is 8.95. The average molecular weight is 530 g/mol. The largest absolute Gasteiger partial charge is 0.482 e. The Morgan fingerprint density at radius 3 is 2.42 bits per heavy atom. The second-order valence-electron chi connectivity index (χ2n) is 7.22. The maximum atomic E-state index is 13.2. The van der Waals surface area contributed by atoms with Crippen LogP contribution in [-0.2, 0) is 16.1 Å². The number of halogens is 3. The fourth-order valence-corrected chi connectivity index (χ4v) is 3.91. The normalized spacial score (nSPS) is 12.7. The molecule has 5 nitrogen and oxygen atoms in total. The molecule has 2 rings (SSSR count). The van der Waals surface area contributed by atoms with E-state index >= 15 is 0 Å². The summed E-state index contributed by atoms with van der Waals surface area (Å²) in [7, 11) is 0. The van der Waals surface area contributed by atoms with E-state index < -0.39 is 6.04 Å². The molecule has 0 saturated heterocycles. The first-order valence-electron chi connectivity index (χ1n) is 10.2. The molecule has 0 unspecified atom stereocenters. The van der Waals surface area contributed by atoms with Gasteiger partial charge in [0, 0.05) is 22.1 Å². The van der Waals surface area contributed by atoms with Crippen LogP contribution in [0.25, 0.3) is 0 Å². The van der Waals surface area contributed by atoms with Gasteiger partial charge >= 0.3 is 0 Å². The molecule has 168 valence electrons. The van der Waals surface area contributed by atoms with Crippen LogP contribution >= 0.6 is 39.1 Å². The van der Waals surface area contributed by atoms with E-state index in [1.165, 1.54) is 4.90 Å². The standard InChI is InChI=1S/C23H27BrCl2N2O3/c1-4-15(3)27-23(30)20(5-2)28(13-16-8-6-7-9-18(16)25)22(29)14-31-21-11-10-17(24)12-19(21)26/h6-12,15,20H,4-5,13-14H2,1-3H3,(H,27,30)/t15-,20-/m0/s1. The van der Waals surface area contributed by atoms with Gasteiger partial charge in [-0.05, 0) is 49.6 Å². The highest BCUT2D eigenvalue weighted by atomic mass is 79.9. The van der Waals surface area contributed by atoms with Gasteiger partial charge in [-0.1, -0.05) is 71.2 Å². The fraction of sp³-hybridized carbons (Fsp3) is 0.391. The van der Waals surface area contributed by atoms with Gasteiger partial charge in [0.1, 0.15) is 11.8 Å². The number of nitrogens with one attached hydrogen (secondary N) is 1. The minimum absolute atomic E-state index is 0.0108. The molecule has 31 heavy (non-hydrogen) atoms. The molecule has 0 aromatic heterocycles. The van der Waals surface area contributed by atoms with Crippen molar-refractivity contribution in [1.29, 1.82) is 0 Å². The van der Waals surface area contributed by atoms with E-state index in [9.17, 15) is 9.59 Å². The van der Waals surface area contributed by atoms with Gasteiger partial charge in [-0.3, -0.25) is 9.59 Å². The van der Waals surface area contributed by atoms with Gasteiger partial charge in [0.25, 0.3) is 5.91 Å². The third-order valence-electron chi connectivity index (χ3n) is 4.93. The smallest absolute Gasteiger partial charge is 0.261 e. The second kappa shape index (κ2) is 12.3. The molecule has 2 aromatic carbocycles. The zero-order valence-electron chi connectivity index (χ0n) is 17.8. The molecule has 0 radical (unpaired) electrons.